The van der Waals surface area contributed by atoms with E-state index in [9.17, 15) is 4.79 Å². The second-order valence-corrected chi connectivity index (χ2v) is 3.59. The summed E-state index contributed by atoms with van der Waals surface area (Å²) in [5, 5.41) is 10.6. The molecule has 0 aromatic heterocycles. The van der Waals surface area contributed by atoms with Gasteiger partial charge >= 0.3 is 0 Å². The number of carbonyl (C=O) groups excluding carboxylic acids is 1. The minimum Gasteiger partial charge on any atom is -0.484 e. The number of nitrogens with one attached hydrogen (secondary N) is 1. The highest BCUT2D eigenvalue weighted by Crippen LogP contribution is 2.15. The predicted octanol–water partition coefficient (Wildman–Crippen LogP) is 1.47. The van der Waals surface area contributed by atoms with Gasteiger partial charge in [0.15, 0.2) is 6.61 Å². The first-order chi connectivity index (χ1) is 7.22. The van der Waals surface area contributed by atoms with Crippen molar-refractivity contribution in [3.8, 4) is 11.8 Å². The van der Waals surface area contributed by atoms with Crippen LogP contribution in [0.25, 0.3) is 0 Å². The SMILES string of the molecule is N#CCNC(=O)COc1ccc(Br)cc1. The van der Waals surface area contributed by atoms with Gasteiger partial charge in [-0.1, -0.05) is 15.9 Å². The van der Waals surface area contributed by atoms with Gasteiger partial charge < -0.3 is 10.1 Å². The highest BCUT2D eigenvalue weighted by Gasteiger charge is 2.01. The van der Waals surface area contributed by atoms with Gasteiger partial charge in [-0.05, 0) is 24.3 Å². The van der Waals surface area contributed by atoms with Gasteiger partial charge in [0.2, 0.25) is 0 Å². The summed E-state index contributed by atoms with van der Waals surface area (Å²) in [6, 6.07) is 8.96. The number of hydrogen-bond donors (Lipinski definition) is 1. The van der Waals surface area contributed by atoms with E-state index >= 15 is 0 Å². The topological polar surface area (TPSA) is 62.1 Å². The van der Waals surface area contributed by atoms with Gasteiger partial charge in [0.05, 0.1) is 6.07 Å². The standard InChI is InChI=1S/C10H9BrN2O2/c11-8-1-3-9(4-2-8)15-7-10(14)13-6-5-12/h1-4H,6-7H2,(H,13,14). The van der Waals surface area contributed by atoms with Gasteiger partial charge in [0.1, 0.15) is 12.3 Å². The third kappa shape index (κ3) is 4.47. The third-order valence-corrected chi connectivity index (χ3v) is 2.08. The van der Waals surface area contributed by atoms with Crippen molar-refractivity contribution in [2.24, 2.45) is 0 Å². The molecule has 78 valence electrons. The molecule has 0 spiro atoms. The molecule has 5 heteroatoms. The normalized spacial score (nSPS) is 9.07. The highest BCUT2D eigenvalue weighted by atomic mass is 79.9. The van der Waals surface area contributed by atoms with Crippen molar-refractivity contribution in [1.29, 1.82) is 5.26 Å². The zero-order chi connectivity index (χ0) is 11.1. The van der Waals surface area contributed by atoms with Crippen LogP contribution in [0.2, 0.25) is 0 Å². The monoisotopic (exact) mass is 268 g/mol. The Hall–Kier alpha value is -1.54. The molecule has 0 saturated heterocycles. The summed E-state index contributed by atoms with van der Waals surface area (Å²) in [5.74, 6) is 0.310. The molecule has 0 aliphatic rings. The number of benzene rings is 1. The van der Waals surface area contributed by atoms with E-state index < -0.39 is 0 Å². The number of rotatable bonds is 4. The van der Waals surface area contributed by atoms with Crippen LogP contribution in [0.4, 0.5) is 0 Å². The number of halogens is 1. The molecule has 1 amide bonds. The van der Waals surface area contributed by atoms with E-state index in [1.165, 1.54) is 0 Å². The Morgan fingerprint density at radius 3 is 2.73 bits per heavy atom. The predicted molar refractivity (Wildman–Crippen MR) is 58.3 cm³/mol. The number of nitrogens with zero attached hydrogens (tertiary/aromatic N) is 1. The van der Waals surface area contributed by atoms with Gasteiger partial charge in [-0.3, -0.25) is 4.79 Å². The summed E-state index contributed by atoms with van der Waals surface area (Å²) < 4.78 is 6.13. The molecule has 0 atom stereocenters. The molecule has 1 rings (SSSR count). The Balaban J connectivity index is 2.34. The molecule has 0 bridgehead atoms. The van der Waals surface area contributed by atoms with Crippen molar-refractivity contribution in [1.82, 2.24) is 5.32 Å². The van der Waals surface area contributed by atoms with Crippen LogP contribution in [0.3, 0.4) is 0 Å². The summed E-state index contributed by atoms with van der Waals surface area (Å²) in [6.45, 7) is -0.0775. The van der Waals surface area contributed by atoms with Crippen LogP contribution in [0.1, 0.15) is 0 Å². The summed E-state index contributed by atoms with van der Waals surface area (Å²) in [4.78, 5) is 11.0. The average molecular weight is 269 g/mol. The molecule has 15 heavy (non-hydrogen) atoms. The largest absolute Gasteiger partial charge is 0.484 e. The minimum absolute atomic E-state index is 0.00251. The van der Waals surface area contributed by atoms with Crippen molar-refractivity contribution < 1.29 is 9.53 Å². The molecule has 0 heterocycles. The van der Waals surface area contributed by atoms with Crippen LogP contribution in [0.5, 0.6) is 5.75 Å². The number of carbonyl (C=O) groups is 1. The minimum atomic E-state index is -0.306. The first kappa shape index (κ1) is 11.5. The Morgan fingerprint density at radius 1 is 1.47 bits per heavy atom. The molecule has 0 saturated carbocycles. The van der Waals surface area contributed by atoms with Gasteiger partial charge in [-0.15, -0.1) is 0 Å². The Labute approximate surface area is 96.0 Å². The quantitative estimate of drug-likeness (QED) is 0.842. The lowest BCUT2D eigenvalue weighted by molar-refractivity contribution is -0.122. The Bertz CT molecular complexity index is 370. The van der Waals surface area contributed by atoms with E-state index in [1.807, 2.05) is 18.2 Å². The molecule has 1 aromatic carbocycles. The summed E-state index contributed by atoms with van der Waals surface area (Å²) in [7, 11) is 0. The highest BCUT2D eigenvalue weighted by molar-refractivity contribution is 9.10. The fraction of sp³-hybridized carbons (Fsp3) is 0.200. The number of amides is 1. The number of ether oxygens (including phenoxy) is 1. The van der Waals surface area contributed by atoms with Crippen molar-refractivity contribution in [2.75, 3.05) is 13.2 Å². The van der Waals surface area contributed by atoms with Crippen LogP contribution in [-0.4, -0.2) is 19.1 Å². The molecule has 0 radical (unpaired) electrons. The second kappa shape index (κ2) is 6.04. The molecule has 0 aliphatic carbocycles. The maximum atomic E-state index is 11.0. The summed E-state index contributed by atoms with van der Waals surface area (Å²) in [6.07, 6.45) is 0. The zero-order valence-electron chi connectivity index (χ0n) is 7.87. The van der Waals surface area contributed by atoms with Crippen LogP contribution < -0.4 is 10.1 Å². The first-order valence-electron chi connectivity index (χ1n) is 4.24. The molecule has 4 nitrogen and oxygen atoms in total. The van der Waals surface area contributed by atoms with Crippen LogP contribution in [0.15, 0.2) is 28.7 Å². The van der Waals surface area contributed by atoms with Crippen molar-refractivity contribution in [3.63, 3.8) is 0 Å². The lowest BCUT2D eigenvalue weighted by atomic mass is 10.3. The number of nitriles is 1. The zero-order valence-corrected chi connectivity index (χ0v) is 9.45. The second-order valence-electron chi connectivity index (χ2n) is 2.68. The molecule has 0 unspecified atom stereocenters. The summed E-state index contributed by atoms with van der Waals surface area (Å²) >= 11 is 3.29. The molecule has 1 aromatic rings. The van der Waals surface area contributed by atoms with Crippen LogP contribution >= 0.6 is 15.9 Å². The Morgan fingerprint density at radius 2 is 2.13 bits per heavy atom. The molecule has 0 aliphatic heterocycles. The maximum absolute atomic E-state index is 11.0. The smallest absolute Gasteiger partial charge is 0.258 e. The molecule has 0 fully saturated rings. The van der Waals surface area contributed by atoms with Gasteiger partial charge in [-0.2, -0.15) is 5.26 Å². The lowest BCUT2D eigenvalue weighted by Gasteiger charge is -2.05. The Kier molecular flexibility index (Phi) is 4.64. The first-order valence-corrected chi connectivity index (χ1v) is 5.03. The number of hydrogen-bond acceptors (Lipinski definition) is 3. The van der Waals surface area contributed by atoms with Crippen LogP contribution in [0, 0.1) is 11.3 Å². The van der Waals surface area contributed by atoms with Crippen molar-refractivity contribution >= 4 is 21.8 Å². The molecular weight excluding hydrogens is 260 g/mol. The summed E-state index contributed by atoms with van der Waals surface area (Å²) in [5.41, 5.74) is 0. The van der Waals surface area contributed by atoms with E-state index in [-0.39, 0.29) is 19.1 Å². The van der Waals surface area contributed by atoms with Gasteiger partial charge in [0.25, 0.3) is 5.91 Å². The van der Waals surface area contributed by atoms with Crippen molar-refractivity contribution in [2.45, 2.75) is 0 Å². The third-order valence-electron chi connectivity index (χ3n) is 1.55. The van der Waals surface area contributed by atoms with Gasteiger partial charge in [0, 0.05) is 4.47 Å². The van der Waals surface area contributed by atoms with Gasteiger partial charge in [-0.25, -0.2) is 0 Å². The van der Waals surface area contributed by atoms with E-state index in [0.717, 1.165) is 4.47 Å². The fourth-order valence-electron chi connectivity index (χ4n) is 0.869. The van der Waals surface area contributed by atoms with E-state index in [4.69, 9.17) is 10.00 Å². The molecule has 1 N–H and O–H groups in total. The maximum Gasteiger partial charge on any atom is 0.258 e. The van der Waals surface area contributed by atoms with Crippen molar-refractivity contribution in [3.05, 3.63) is 28.7 Å². The van der Waals surface area contributed by atoms with E-state index in [0.29, 0.717) is 5.75 Å². The van der Waals surface area contributed by atoms with E-state index in [2.05, 4.69) is 21.2 Å². The lowest BCUT2D eigenvalue weighted by Crippen LogP contribution is -2.28. The van der Waals surface area contributed by atoms with Crippen LogP contribution in [-0.2, 0) is 4.79 Å². The molecular formula is C10H9BrN2O2. The fourth-order valence-corrected chi connectivity index (χ4v) is 1.13. The van der Waals surface area contributed by atoms with E-state index in [1.54, 1.807) is 12.1 Å². The average Bonchev–Trinajstić information content (AvgIpc) is 2.25.